The predicted octanol–water partition coefficient (Wildman–Crippen LogP) is 4.35. The molecule has 0 spiro atoms. The number of fused-ring (bicyclic) bond motifs is 1. The van der Waals surface area contributed by atoms with E-state index in [4.69, 9.17) is 4.74 Å². The third-order valence-corrected chi connectivity index (χ3v) is 4.24. The number of rotatable bonds is 5. The Balaban J connectivity index is 1.65. The van der Waals surface area contributed by atoms with Crippen molar-refractivity contribution in [1.82, 2.24) is 4.98 Å². The van der Waals surface area contributed by atoms with Gasteiger partial charge in [-0.05, 0) is 49.2 Å². The van der Waals surface area contributed by atoms with Crippen LogP contribution < -0.4 is 10.1 Å². The number of nitrogens with one attached hydrogen (secondary N) is 1. The van der Waals surface area contributed by atoms with Crippen LogP contribution in [0.4, 0.5) is 5.69 Å². The Morgan fingerprint density at radius 1 is 1.19 bits per heavy atom. The molecule has 1 aromatic heterocycles. The molecule has 0 saturated heterocycles. The fourth-order valence-electron chi connectivity index (χ4n) is 2.40. The number of hydrogen-bond acceptors (Lipinski definition) is 4. The number of anilines is 1. The van der Waals surface area contributed by atoms with Gasteiger partial charge in [-0.3, -0.25) is 0 Å². The highest BCUT2D eigenvalue weighted by atomic mass is 32.1. The highest BCUT2D eigenvalue weighted by Gasteiger charge is 2.05. The SMILES string of the molecule is COc1ccc(CC(C)Nc2ccc3ncsc3c2)cc1. The molecular formula is C17H18N2OS. The summed E-state index contributed by atoms with van der Waals surface area (Å²) >= 11 is 1.67. The van der Waals surface area contributed by atoms with Crippen molar-refractivity contribution in [3.05, 3.63) is 53.5 Å². The maximum absolute atomic E-state index is 5.18. The molecule has 0 aliphatic carbocycles. The summed E-state index contributed by atoms with van der Waals surface area (Å²) in [5.74, 6) is 0.898. The van der Waals surface area contributed by atoms with Crippen LogP contribution in [0, 0.1) is 0 Å². The zero-order valence-corrected chi connectivity index (χ0v) is 13.0. The normalized spacial score (nSPS) is 12.3. The van der Waals surface area contributed by atoms with E-state index in [-0.39, 0.29) is 0 Å². The molecule has 1 unspecified atom stereocenters. The van der Waals surface area contributed by atoms with Gasteiger partial charge in [0.15, 0.2) is 0 Å². The molecule has 3 aromatic rings. The number of aromatic nitrogens is 1. The molecule has 0 aliphatic rings. The molecule has 4 heteroatoms. The second-order valence-corrected chi connectivity index (χ2v) is 6.02. The molecule has 2 aromatic carbocycles. The third kappa shape index (κ3) is 3.34. The molecule has 0 aliphatic heterocycles. The Morgan fingerprint density at radius 3 is 2.76 bits per heavy atom. The fourth-order valence-corrected chi connectivity index (χ4v) is 3.11. The maximum Gasteiger partial charge on any atom is 0.118 e. The lowest BCUT2D eigenvalue weighted by molar-refractivity contribution is 0.414. The maximum atomic E-state index is 5.18. The summed E-state index contributed by atoms with van der Waals surface area (Å²) in [5.41, 5.74) is 5.39. The van der Waals surface area contributed by atoms with Crippen molar-refractivity contribution in [2.24, 2.45) is 0 Å². The van der Waals surface area contributed by atoms with Crippen molar-refractivity contribution in [2.45, 2.75) is 19.4 Å². The lowest BCUT2D eigenvalue weighted by Gasteiger charge is -2.15. The van der Waals surface area contributed by atoms with E-state index < -0.39 is 0 Å². The van der Waals surface area contributed by atoms with Gasteiger partial charge in [0.2, 0.25) is 0 Å². The number of methoxy groups -OCH3 is 1. The highest BCUT2D eigenvalue weighted by molar-refractivity contribution is 7.16. The first kappa shape index (κ1) is 13.9. The molecule has 0 radical (unpaired) electrons. The van der Waals surface area contributed by atoms with E-state index in [2.05, 4.69) is 47.6 Å². The first-order chi connectivity index (χ1) is 10.2. The van der Waals surface area contributed by atoms with Crippen LogP contribution in [0.3, 0.4) is 0 Å². The van der Waals surface area contributed by atoms with Crippen molar-refractivity contribution in [3.63, 3.8) is 0 Å². The van der Waals surface area contributed by atoms with Crippen molar-refractivity contribution >= 4 is 27.2 Å². The monoisotopic (exact) mass is 298 g/mol. The third-order valence-electron chi connectivity index (χ3n) is 3.45. The second-order valence-electron chi connectivity index (χ2n) is 5.13. The van der Waals surface area contributed by atoms with Crippen LogP contribution in [0.15, 0.2) is 48.0 Å². The van der Waals surface area contributed by atoms with Gasteiger partial charge in [-0.25, -0.2) is 4.98 Å². The molecule has 3 nitrogen and oxygen atoms in total. The van der Waals surface area contributed by atoms with E-state index in [9.17, 15) is 0 Å². The molecule has 1 heterocycles. The molecule has 1 atom stereocenters. The van der Waals surface area contributed by atoms with Crippen molar-refractivity contribution in [2.75, 3.05) is 12.4 Å². The number of nitrogens with zero attached hydrogens (tertiary/aromatic N) is 1. The molecule has 3 rings (SSSR count). The van der Waals surface area contributed by atoms with Gasteiger partial charge >= 0.3 is 0 Å². The largest absolute Gasteiger partial charge is 0.497 e. The average Bonchev–Trinajstić information content (AvgIpc) is 2.95. The van der Waals surface area contributed by atoms with Gasteiger partial charge in [0.05, 0.1) is 22.8 Å². The smallest absolute Gasteiger partial charge is 0.118 e. The Labute approximate surface area is 128 Å². The summed E-state index contributed by atoms with van der Waals surface area (Å²) in [5, 5.41) is 3.55. The minimum atomic E-state index is 0.365. The lowest BCUT2D eigenvalue weighted by Crippen LogP contribution is -2.17. The second kappa shape index (κ2) is 6.14. The zero-order chi connectivity index (χ0) is 14.7. The average molecular weight is 298 g/mol. The van der Waals surface area contributed by atoms with E-state index in [1.54, 1.807) is 18.4 Å². The summed E-state index contributed by atoms with van der Waals surface area (Å²) in [4.78, 5) is 4.30. The Bertz CT molecular complexity index is 721. The topological polar surface area (TPSA) is 34.1 Å². The van der Waals surface area contributed by atoms with Crippen LogP contribution in [-0.2, 0) is 6.42 Å². The molecule has 0 fully saturated rings. The van der Waals surface area contributed by atoms with E-state index >= 15 is 0 Å². The van der Waals surface area contributed by atoms with E-state index in [0.717, 1.165) is 23.4 Å². The van der Waals surface area contributed by atoms with E-state index in [1.165, 1.54) is 10.3 Å². The van der Waals surface area contributed by atoms with Crippen LogP contribution in [-0.4, -0.2) is 18.1 Å². The molecule has 1 N–H and O–H groups in total. The summed E-state index contributed by atoms with van der Waals surface area (Å²) in [7, 11) is 1.69. The predicted molar refractivity (Wildman–Crippen MR) is 89.4 cm³/mol. The molecule has 108 valence electrons. The van der Waals surface area contributed by atoms with Crippen LogP contribution in [0.1, 0.15) is 12.5 Å². The summed E-state index contributed by atoms with van der Waals surface area (Å²) in [6.07, 6.45) is 0.977. The summed E-state index contributed by atoms with van der Waals surface area (Å²) < 4.78 is 6.40. The van der Waals surface area contributed by atoms with Gasteiger partial charge in [0.1, 0.15) is 5.75 Å². The molecule has 0 saturated carbocycles. The quantitative estimate of drug-likeness (QED) is 0.760. The Morgan fingerprint density at radius 2 is 2.00 bits per heavy atom. The van der Waals surface area contributed by atoms with Gasteiger partial charge in [0.25, 0.3) is 0 Å². The van der Waals surface area contributed by atoms with Gasteiger partial charge in [-0.2, -0.15) is 0 Å². The Kier molecular flexibility index (Phi) is 4.06. The van der Waals surface area contributed by atoms with Crippen LogP contribution in [0.2, 0.25) is 0 Å². The van der Waals surface area contributed by atoms with Crippen LogP contribution in [0.5, 0.6) is 5.75 Å². The molecule has 21 heavy (non-hydrogen) atoms. The summed E-state index contributed by atoms with van der Waals surface area (Å²) in [6.45, 7) is 2.20. The molecule has 0 bridgehead atoms. The molecular weight excluding hydrogens is 280 g/mol. The van der Waals surface area contributed by atoms with Crippen LogP contribution >= 0.6 is 11.3 Å². The van der Waals surface area contributed by atoms with Crippen LogP contribution in [0.25, 0.3) is 10.2 Å². The van der Waals surface area contributed by atoms with E-state index in [1.807, 2.05) is 17.6 Å². The highest BCUT2D eigenvalue weighted by Crippen LogP contribution is 2.22. The van der Waals surface area contributed by atoms with Crippen molar-refractivity contribution in [1.29, 1.82) is 0 Å². The standard InChI is InChI=1S/C17H18N2OS/c1-12(9-13-3-6-15(20-2)7-4-13)19-14-5-8-16-17(10-14)21-11-18-16/h3-8,10-12,19H,9H2,1-2H3. The number of benzene rings is 2. The Hall–Kier alpha value is -2.07. The van der Waals surface area contributed by atoms with Gasteiger partial charge in [-0.1, -0.05) is 12.1 Å². The van der Waals surface area contributed by atoms with Crippen molar-refractivity contribution in [3.8, 4) is 5.75 Å². The minimum absolute atomic E-state index is 0.365. The first-order valence-corrected chi connectivity index (χ1v) is 7.85. The summed E-state index contributed by atoms with van der Waals surface area (Å²) in [6, 6.07) is 14.9. The fraction of sp³-hybridized carbons (Fsp3) is 0.235. The number of ether oxygens (including phenoxy) is 1. The number of hydrogen-bond donors (Lipinski definition) is 1. The van der Waals surface area contributed by atoms with E-state index in [0.29, 0.717) is 6.04 Å². The first-order valence-electron chi connectivity index (χ1n) is 6.97. The minimum Gasteiger partial charge on any atom is -0.497 e. The van der Waals surface area contributed by atoms with Crippen molar-refractivity contribution < 1.29 is 4.74 Å². The van der Waals surface area contributed by atoms with Gasteiger partial charge in [0, 0.05) is 11.7 Å². The number of thiazole rings is 1. The van der Waals surface area contributed by atoms with Gasteiger partial charge in [-0.15, -0.1) is 11.3 Å². The van der Waals surface area contributed by atoms with Gasteiger partial charge < -0.3 is 10.1 Å². The lowest BCUT2D eigenvalue weighted by atomic mass is 10.1. The zero-order valence-electron chi connectivity index (χ0n) is 12.2. The molecule has 0 amide bonds.